The molecule has 1 aromatic heterocycles. The zero-order valence-electron chi connectivity index (χ0n) is 13.8. The number of aromatic nitrogens is 1. The first-order valence-corrected chi connectivity index (χ1v) is 8.55. The van der Waals surface area contributed by atoms with Crippen LogP contribution in [-0.4, -0.2) is 35.9 Å². The van der Waals surface area contributed by atoms with Gasteiger partial charge in [0, 0.05) is 18.5 Å². The fourth-order valence-corrected chi connectivity index (χ4v) is 3.22. The van der Waals surface area contributed by atoms with Crippen LogP contribution >= 0.6 is 0 Å². The van der Waals surface area contributed by atoms with E-state index in [4.69, 9.17) is 14.0 Å². The smallest absolute Gasteiger partial charge is 0.273 e. The minimum atomic E-state index is -0.845. The van der Waals surface area contributed by atoms with Crippen LogP contribution in [0.3, 0.4) is 0 Å². The lowest BCUT2D eigenvalue weighted by molar-refractivity contribution is 0.0906. The van der Waals surface area contributed by atoms with Gasteiger partial charge in [-0.1, -0.05) is 11.2 Å². The van der Waals surface area contributed by atoms with Crippen molar-refractivity contribution in [2.24, 2.45) is 0 Å². The molecule has 0 saturated carbocycles. The molecule has 0 bridgehead atoms. The number of amides is 1. The summed E-state index contributed by atoms with van der Waals surface area (Å²) in [6.45, 7) is 1.09. The van der Waals surface area contributed by atoms with E-state index >= 15 is 0 Å². The van der Waals surface area contributed by atoms with E-state index in [2.05, 4.69) is 10.5 Å². The van der Waals surface area contributed by atoms with Gasteiger partial charge in [-0.15, -0.1) is 0 Å². The average molecular weight is 344 g/mol. The van der Waals surface area contributed by atoms with Crippen molar-refractivity contribution >= 4 is 5.91 Å². The highest BCUT2D eigenvalue weighted by Crippen LogP contribution is 2.32. The van der Waals surface area contributed by atoms with Gasteiger partial charge in [-0.3, -0.25) is 4.79 Å². The Kier molecular flexibility index (Phi) is 4.31. The highest BCUT2D eigenvalue weighted by atomic mass is 16.6. The van der Waals surface area contributed by atoms with Crippen LogP contribution < -0.4 is 14.8 Å². The van der Waals surface area contributed by atoms with Gasteiger partial charge in [0.25, 0.3) is 5.91 Å². The molecular formula is C18H20N2O5. The van der Waals surface area contributed by atoms with E-state index in [0.29, 0.717) is 36.0 Å². The fraction of sp³-hybridized carbons (Fsp3) is 0.444. The number of aliphatic hydroxyl groups excluding tert-OH is 1. The molecule has 1 aromatic carbocycles. The molecule has 1 amide bonds. The maximum absolute atomic E-state index is 12.4. The normalized spacial score (nSPS) is 16.8. The topological polar surface area (TPSA) is 93.8 Å². The lowest BCUT2D eigenvalue weighted by Crippen LogP contribution is -2.29. The summed E-state index contributed by atoms with van der Waals surface area (Å²) >= 11 is 0. The second kappa shape index (κ2) is 6.76. The second-order valence-electron chi connectivity index (χ2n) is 6.27. The van der Waals surface area contributed by atoms with Crippen LogP contribution in [0.15, 0.2) is 22.7 Å². The van der Waals surface area contributed by atoms with Gasteiger partial charge in [0.2, 0.25) is 0 Å². The van der Waals surface area contributed by atoms with Gasteiger partial charge in [0.1, 0.15) is 19.0 Å². The predicted octanol–water partition coefficient (Wildman–Crippen LogP) is 1.79. The summed E-state index contributed by atoms with van der Waals surface area (Å²) in [5.74, 6) is 1.77. The molecule has 2 aromatic rings. The van der Waals surface area contributed by atoms with Crippen molar-refractivity contribution in [3.63, 3.8) is 0 Å². The zero-order valence-corrected chi connectivity index (χ0v) is 13.8. The van der Waals surface area contributed by atoms with Crippen LogP contribution in [0.2, 0.25) is 0 Å². The summed E-state index contributed by atoms with van der Waals surface area (Å²) in [6, 6.07) is 5.27. The first-order valence-electron chi connectivity index (χ1n) is 8.55. The van der Waals surface area contributed by atoms with Gasteiger partial charge in [0.05, 0.1) is 6.10 Å². The molecule has 7 nitrogen and oxygen atoms in total. The second-order valence-corrected chi connectivity index (χ2v) is 6.27. The summed E-state index contributed by atoms with van der Waals surface area (Å²) in [5.41, 5.74) is 1.90. The predicted molar refractivity (Wildman–Crippen MR) is 87.9 cm³/mol. The Morgan fingerprint density at radius 3 is 2.88 bits per heavy atom. The van der Waals surface area contributed by atoms with E-state index in [9.17, 15) is 9.90 Å². The van der Waals surface area contributed by atoms with Crippen LogP contribution in [0.1, 0.15) is 46.3 Å². The molecule has 0 fully saturated rings. The van der Waals surface area contributed by atoms with Gasteiger partial charge >= 0.3 is 0 Å². The number of carbonyl (C=O) groups excluding carboxylic acids is 1. The molecule has 0 radical (unpaired) electrons. The standard InChI is InChI=1S/C18H20N2O5/c21-13(11-5-6-15-16(9-11)24-8-7-23-15)10-19-18(22)17-12-3-1-2-4-14(12)25-20-17/h5-6,9,13,21H,1-4,7-8,10H2,(H,19,22). The van der Waals surface area contributed by atoms with Crippen molar-refractivity contribution in [2.45, 2.75) is 31.8 Å². The Hall–Kier alpha value is -2.54. The maximum atomic E-state index is 12.4. The van der Waals surface area contributed by atoms with E-state index in [1.165, 1.54) is 0 Å². The monoisotopic (exact) mass is 344 g/mol. The number of aryl methyl sites for hydroxylation is 1. The summed E-state index contributed by atoms with van der Waals surface area (Å²) in [7, 11) is 0. The molecule has 0 saturated heterocycles. The molecule has 2 N–H and O–H groups in total. The van der Waals surface area contributed by atoms with Crippen molar-refractivity contribution in [2.75, 3.05) is 19.8 Å². The van der Waals surface area contributed by atoms with Gasteiger partial charge < -0.3 is 24.4 Å². The van der Waals surface area contributed by atoms with Crippen molar-refractivity contribution in [1.82, 2.24) is 10.5 Å². The molecule has 2 aliphatic rings. The van der Waals surface area contributed by atoms with Gasteiger partial charge in [-0.25, -0.2) is 0 Å². The fourth-order valence-electron chi connectivity index (χ4n) is 3.22. The Bertz CT molecular complexity index is 786. The van der Waals surface area contributed by atoms with Crippen LogP contribution in [0.25, 0.3) is 0 Å². The minimum Gasteiger partial charge on any atom is -0.486 e. The van der Waals surface area contributed by atoms with Crippen molar-refractivity contribution in [1.29, 1.82) is 0 Å². The van der Waals surface area contributed by atoms with E-state index in [-0.39, 0.29) is 12.5 Å². The molecule has 25 heavy (non-hydrogen) atoms. The Labute approximate surface area is 144 Å². The SMILES string of the molecule is O=C(NCC(O)c1ccc2c(c1)OCCO2)c1noc2c1CCCC2. The number of hydrogen-bond acceptors (Lipinski definition) is 6. The zero-order chi connectivity index (χ0) is 17.2. The highest BCUT2D eigenvalue weighted by Gasteiger charge is 2.24. The highest BCUT2D eigenvalue weighted by molar-refractivity contribution is 5.93. The average Bonchev–Trinajstić information content (AvgIpc) is 3.09. The molecule has 132 valence electrons. The molecule has 1 aliphatic heterocycles. The van der Waals surface area contributed by atoms with Crippen LogP contribution in [-0.2, 0) is 12.8 Å². The van der Waals surface area contributed by atoms with E-state index in [0.717, 1.165) is 37.0 Å². The largest absolute Gasteiger partial charge is 0.486 e. The summed E-state index contributed by atoms with van der Waals surface area (Å²) in [5, 5.41) is 17.0. The molecule has 7 heteroatoms. The third kappa shape index (κ3) is 3.19. The summed E-state index contributed by atoms with van der Waals surface area (Å²) in [4.78, 5) is 12.4. The molecule has 1 atom stereocenters. The van der Waals surface area contributed by atoms with Gasteiger partial charge in [0.15, 0.2) is 17.2 Å². The molecule has 1 unspecified atom stereocenters. The van der Waals surface area contributed by atoms with Crippen LogP contribution in [0.5, 0.6) is 11.5 Å². The number of nitrogens with zero attached hydrogens (tertiary/aromatic N) is 1. The number of benzene rings is 1. The third-order valence-corrected chi connectivity index (χ3v) is 4.57. The molecule has 0 spiro atoms. The number of carbonyl (C=O) groups is 1. The maximum Gasteiger partial charge on any atom is 0.273 e. The molecule has 1 aliphatic carbocycles. The van der Waals surface area contributed by atoms with E-state index in [1.807, 2.05) is 0 Å². The Morgan fingerprint density at radius 1 is 1.20 bits per heavy atom. The molecule has 4 rings (SSSR count). The number of ether oxygens (including phenoxy) is 2. The third-order valence-electron chi connectivity index (χ3n) is 4.57. The number of rotatable bonds is 4. The Balaban J connectivity index is 1.41. The Morgan fingerprint density at radius 2 is 2.00 bits per heavy atom. The van der Waals surface area contributed by atoms with E-state index < -0.39 is 6.10 Å². The quantitative estimate of drug-likeness (QED) is 0.878. The van der Waals surface area contributed by atoms with Gasteiger partial charge in [-0.05, 0) is 37.0 Å². The number of nitrogens with one attached hydrogen (secondary N) is 1. The minimum absolute atomic E-state index is 0.0834. The summed E-state index contributed by atoms with van der Waals surface area (Å²) in [6.07, 6.45) is 2.89. The van der Waals surface area contributed by atoms with Crippen molar-refractivity contribution < 1.29 is 23.9 Å². The lowest BCUT2D eigenvalue weighted by atomic mass is 9.96. The summed E-state index contributed by atoms with van der Waals surface area (Å²) < 4.78 is 16.2. The number of fused-ring (bicyclic) bond motifs is 2. The lowest BCUT2D eigenvalue weighted by Gasteiger charge is -2.20. The first kappa shape index (κ1) is 16.0. The first-order chi connectivity index (χ1) is 12.2. The van der Waals surface area contributed by atoms with E-state index in [1.54, 1.807) is 18.2 Å². The van der Waals surface area contributed by atoms with Crippen LogP contribution in [0, 0.1) is 0 Å². The van der Waals surface area contributed by atoms with Crippen molar-refractivity contribution in [3.8, 4) is 11.5 Å². The molecule has 2 heterocycles. The van der Waals surface area contributed by atoms with Crippen LogP contribution in [0.4, 0.5) is 0 Å². The van der Waals surface area contributed by atoms with Crippen molar-refractivity contribution in [3.05, 3.63) is 40.8 Å². The number of aliphatic hydroxyl groups is 1. The van der Waals surface area contributed by atoms with Gasteiger partial charge in [-0.2, -0.15) is 0 Å². The number of hydrogen-bond donors (Lipinski definition) is 2. The molecular weight excluding hydrogens is 324 g/mol.